The molecule has 0 N–H and O–H groups in total. The van der Waals surface area contributed by atoms with Crippen molar-refractivity contribution in [1.82, 2.24) is 9.13 Å². The number of benzene rings is 8. The third kappa shape index (κ3) is 4.69. The van der Waals surface area contributed by atoms with E-state index in [1.165, 1.54) is 49.2 Å². The van der Waals surface area contributed by atoms with Gasteiger partial charge in [-0.1, -0.05) is 98.5 Å². The van der Waals surface area contributed by atoms with Crippen LogP contribution >= 0.6 is 0 Å². The summed E-state index contributed by atoms with van der Waals surface area (Å²) in [6.07, 6.45) is 5.15. The van der Waals surface area contributed by atoms with E-state index in [1.807, 2.05) is 6.08 Å². The van der Waals surface area contributed by atoms with Crippen LogP contribution in [0.2, 0.25) is 0 Å². The molecule has 0 saturated heterocycles. The van der Waals surface area contributed by atoms with Crippen LogP contribution < -0.4 is 0 Å². The van der Waals surface area contributed by atoms with Gasteiger partial charge in [-0.3, -0.25) is 0 Å². The van der Waals surface area contributed by atoms with Crippen LogP contribution in [0.15, 0.2) is 191 Å². The highest BCUT2D eigenvalue weighted by Gasteiger charge is 2.20. The van der Waals surface area contributed by atoms with Gasteiger partial charge in [0.15, 0.2) is 11.2 Å². The molecule has 0 fully saturated rings. The topological polar surface area (TPSA) is 36.1 Å². The van der Waals surface area contributed by atoms with Gasteiger partial charge in [-0.25, -0.2) is 0 Å². The molecule has 0 aliphatic heterocycles. The Morgan fingerprint density at radius 2 is 1.00 bits per heavy atom. The molecule has 0 spiro atoms. The maximum atomic E-state index is 6.63. The summed E-state index contributed by atoms with van der Waals surface area (Å²) < 4.78 is 18.0. The first kappa shape index (κ1) is 32.7. The van der Waals surface area contributed by atoms with Gasteiger partial charge >= 0.3 is 0 Å². The summed E-state index contributed by atoms with van der Waals surface area (Å²) in [6.45, 7) is 6.28. The van der Waals surface area contributed by atoms with Crippen LogP contribution in [0.25, 0.3) is 116 Å². The maximum Gasteiger partial charge on any atom is 0.178 e. The number of hydrogen-bond donors (Lipinski definition) is 0. The van der Waals surface area contributed by atoms with Crippen molar-refractivity contribution < 1.29 is 8.83 Å². The second kappa shape index (κ2) is 12.5. The molecular weight excluding hydrogens is 709 g/mol. The Kier molecular flexibility index (Phi) is 7.02. The van der Waals surface area contributed by atoms with Gasteiger partial charge in [-0.05, 0) is 120 Å². The highest BCUT2D eigenvalue weighted by atomic mass is 16.4. The number of fused-ring (bicyclic) bond motifs is 13. The van der Waals surface area contributed by atoms with Crippen LogP contribution in [0.4, 0.5) is 0 Å². The number of para-hydroxylation sites is 3. The Morgan fingerprint density at radius 3 is 1.67 bits per heavy atom. The van der Waals surface area contributed by atoms with Crippen LogP contribution in [-0.2, 0) is 0 Å². The first-order chi connectivity index (χ1) is 28.7. The van der Waals surface area contributed by atoms with E-state index < -0.39 is 0 Å². The van der Waals surface area contributed by atoms with Gasteiger partial charge in [-0.15, -0.1) is 0 Å². The van der Waals surface area contributed by atoms with Gasteiger partial charge in [0.05, 0.1) is 22.1 Å². The predicted molar refractivity (Wildman–Crippen MR) is 244 cm³/mol. The third-order valence-electron chi connectivity index (χ3n) is 12.0. The molecule has 0 aliphatic rings. The first-order valence-corrected chi connectivity index (χ1v) is 19.9. The summed E-state index contributed by atoms with van der Waals surface area (Å²) in [7, 11) is 0. The molecular formula is C54H36N2O2. The summed E-state index contributed by atoms with van der Waals surface area (Å²) in [4.78, 5) is 0. The highest BCUT2D eigenvalue weighted by molar-refractivity contribution is 6.20. The molecule has 8 aromatic carbocycles. The van der Waals surface area contributed by atoms with Crippen LogP contribution in [0.5, 0.6) is 0 Å². The summed E-state index contributed by atoms with van der Waals surface area (Å²) in [5.41, 5.74) is 14.8. The lowest BCUT2D eigenvalue weighted by molar-refractivity contribution is 0.633. The number of nitrogens with zero attached hydrogens (tertiary/aromatic N) is 2. The molecule has 12 aromatic rings. The monoisotopic (exact) mass is 744 g/mol. The third-order valence-corrected chi connectivity index (χ3v) is 12.0. The molecule has 4 heteroatoms. The fraction of sp³-hybridized carbons (Fsp3) is 0.0370. The lowest BCUT2D eigenvalue weighted by Gasteiger charge is -2.08. The summed E-state index contributed by atoms with van der Waals surface area (Å²) >= 11 is 0. The number of hydrogen-bond acceptors (Lipinski definition) is 2. The van der Waals surface area contributed by atoms with Gasteiger partial charge in [-0.2, -0.15) is 0 Å². The van der Waals surface area contributed by atoms with Gasteiger partial charge in [0.25, 0.3) is 0 Å². The van der Waals surface area contributed by atoms with Crippen molar-refractivity contribution in [3.8, 4) is 22.5 Å². The van der Waals surface area contributed by atoms with E-state index in [2.05, 4.69) is 193 Å². The van der Waals surface area contributed by atoms with E-state index in [0.29, 0.717) is 0 Å². The van der Waals surface area contributed by atoms with E-state index in [1.54, 1.807) is 0 Å². The van der Waals surface area contributed by atoms with E-state index in [9.17, 15) is 0 Å². The fourth-order valence-electron chi connectivity index (χ4n) is 9.35. The summed E-state index contributed by atoms with van der Waals surface area (Å²) in [6, 6.07) is 58.9. The Morgan fingerprint density at radius 1 is 0.466 bits per heavy atom. The smallest absolute Gasteiger partial charge is 0.178 e. The first-order valence-electron chi connectivity index (χ1n) is 19.9. The molecule has 4 nitrogen and oxygen atoms in total. The Balaban J connectivity index is 1.01. The molecule has 0 atom stereocenters. The standard InChI is InChI=1S/C54H36N2O2/c1-3-12-33(4-2)34-19-25-49-43(29-34)44-30-35(20-26-50(44)55(49)37-13-6-5-7-14-37)36-21-27-51-45(31-36)41-23-24-42-46-32-38(22-28-52(46)58-54(42)53(41)57-51)56-47-17-10-8-15-39(47)40-16-9-11-18-48(40)56/h4-32H,2-3H2,1H3/b33-12+. The van der Waals surface area contributed by atoms with E-state index in [4.69, 9.17) is 8.83 Å². The molecule has 0 unspecified atom stereocenters. The number of allylic oxidation sites excluding steroid dienone is 3. The van der Waals surface area contributed by atoms with Crippen molar-refractivity contribution in [3.05, 3.63) is 188 Å². The highest BCUT2D eigenvalue weighted by Crippen LogP contribution is 2.42. The van der Waals surface area contributed by atoms with Crippen molar-refractivity contribution in [2.45, 2.75) is 13.3 Å². The van der Waals surface area contributed by atoms with Crippen molar-refractivity contribution >= 4 is 93.1 Å². The van der Waals surface area contributed by atoms with Gasteiger partial charge in [0.2, 0.25) is 0 Å². The van der Waals surface area contributed by atoms with Crippen LogP contribution in [0.3, 0.4) is 0 Å². The van der Waals surface area contributed by atoms with Gasteiger partial charge in [0, 0.05) is 54.5 Å². The molecule has 58 heavy (non-hydrogen) atoms. The Labute approximate surface area is 333 Å². The summed E-state index contributed by atoms with van der Waals surface area (Å²) in [5.74, 6) is 0. The largest absolute Gasteiger partial charge is 0.452 e. The van der Waals surface area contributed by atoms with Crippen molar-refractivity contribution in [1.29, 1.82) is 0 Å². The molecule has 4 heterocycles. The molecule has 274 valence electrons. The second-order valence-electron chi connectivity index (χ2n) is 15.2. The molecule has 0 bridgehead atoms. The molecule has 0 radical (unpaired) electrons. The zero-order valence-electron chi connectivity index (χ0n) is 31.9. The molecule has 12 rings (SSSR count). The minimum absolute atomic E-state index is 0.770. The van der Waals surface area contributed by atoms with Crippen LogP contribution in [0, 0.1) is 0 Å². The number of rotatable bonds is 6. The average molecular weight is 745 g/mol. The summed E-state index contributed by atoms with van der Waals surface area (Å²) in [5, 5.41) is 9.12. The predicted octanol–water partition coefficient (Wildman–Crippen LogP) is 15.3. The van der Waals surface area contributed by atoms with E-state index in [-0.39, 0.29) is 0 Å². The Bertz CT molecular complexity index is 3630. The zero-order valence-corrected chi connectivity index (χ0v) is 31.9. The fourth-order valence-corrected chi connectivity index (χ4v) is 9.35. The zero-order chi connectivity index (χ0) is 38.5. The van der Waals surface area contributed by atoms with Crippen molar-refractivity contribution in [3.63, 3.8) is 0 Å². The van der Waals surface area contributed by atoms with Gasteiger partial charge in [0.1, 0.15) is 11.2 Å². The lowest BCUT2D eigenvalue weighted by Crippen LogP contribution is -1.93. The number of furan rings is 2. The molecule has 0 amide bonds. The molecule has 0 aliphatic carbocycles. The second-order valence-corrected chi connectivity index (χ2v) is 15.2. The van der Waals surface area contributed by atoms with E-state index >= 15 is 0 Å². The lowest BCUT2D eigenvalue weighted by atomic mass is 9.99. The minimum Gasteiger partial charge on any atom is -0.452 e. The van der Waals surface area contributed by atoms with E-state index in [0.717, 1.165) is 78.4 Å². The van der Waals surface area contributed by atoms with Gasteiger partial charge < -0.3 is 18.0 Å². The molecule has 4 aromatic heterocycles. The average Bonchev–Trinajstić information content (AvgIpc) is 4.02. The Hall–Kier alpha value is -7.56. The normalized spacial score (nSPS) is 12.5. The maximum absolute atomic E-state index is 6.63. The van der Waals surface area contributed by atoms with Crippen LogP contribution in [-0.4, -0.2) is 9.13 Å². The molecule has 0 saturated carbocycles. The van der Waals surface area contributed by atoms with Crippen molar-refractivity contribution in [2.75, 3.05) is 0 Å². The SMILES string of the molecule is C=C/C(=C\CC)c1ccc2c(c1)c1cc(-c3ccc4oc5c(ccc6c7cc(-n8c9ccccc9c9ccccc98)ccc7oc65)c4c3)ccc1n2-c1ccccc1. The number of aromatic nitrogens is 2. The van der Waals surface area contributed by atoms with Crippen LogP contribution in [0.1, 0.15) is 18.9 Å². The quantitative estimate of drug-likeness (QED) is 0.159. The van der Waals surface area contributed by atoms with Crippen molar-refractivity contribution in [2.24, 2.45) is 0 Å². The minimum atomic E-state index is 0.770.